The Hall–Kier alpha value is -4.67. The van der Waals surface area contributed by atoms with Crippen molar-refractivity contribution in [2.75, 3.05) is 38.6 Å². The fourth-order valence-electron chi connectivity index (χ4n) is 9.08. The second-order valence-electron chi connectivity index (χ2n) is 17.2. The largest absolute Gasteiger partial charge is 0.507 e. The Labute approximate surface area is 351 Å². The lowest BCUT2D eigenvalue weighted by atomic mass is 9.78. The molecule has 0 unspecified atom stereocenters. The van der Waals surface area contributed by atoms with Gasteiger partial charge in [0.1, 0.15) is 17.2 Å². The highest BCUT2D eigenvalue weighted by Crippen LogP contribution is 2.55. The molecule has 4 aliphatic heterocycles. The van der Waals surface area contributed by atoms with Crippen molar-refractivity contribution in [1.82, 2.24) is 9.91 Å². The molecule has 4 heterocycles. The van der Waals surface area contributed by atoms with Crippen molar-refractivity contribution >= 4 is 34.4 Å². The van der Waals surface area contributed by atoms with Gasteiger partial charge in [0.05, 0.1) is 59.1 Å². The van der Waals surface area contributed by atoms with Crippen molar-refractivity contribution in [3.63, 3.8) is 0 Å². The number of carbonyl (C=O) groups is 2. The molecule has 1 amide bonds. The SMILES string of the molecule is CO[C@H]1/C=C/O[C@@]2(C)Oc3c(C)c(O)c4c(O)c(c(/C=N\N5CCN(C6CCCC6)CC5)c(O)c4c3C2=O)NC(=O)/C(C)=C\C=C\[C@H](C)[C@H](O)[C@@H](C)[C@@H](O)[C@@H](C)[C@H](O)[C@@H]1C. The fraction of sp³-hybridized carbons (Fsp3) is 0.578. The minimum absolute atomic E-state index is 0.0742. The quantitative estimate of drug-likeness (QED) is 0.122. The number of amides is 1. The first-order valence-electron chi connectivity index (χ1n) is 21.0. The van der Waals surface area contributed by atoms with E-state index in [0.717, 1.165) is 13.1 Å². The highest BCUT2D eigenvalue weighted by atomic mass is 16.7. The average molecular weight is 835 g/mol. The van der Waals surface area contributed by atoms with Crippen molar-refractivity contribution in [3.8, 4) is 23.0 Å². The van der Waals surface area contributed by atoms with Gasteiger partial charge in [-0.1, -0.05) is 58.8 Å². The number of anilines is 1. The van der Waals surface area contributed by atoms with Crippen LogP contribution in [0, 0.1) is 30.6 Å². The molecule has 5 bridgehead atoms. The summed E-state index contributed by atoms with van der Waals surface area (Å²) < 4.78 is 17.8. The Kier molecular flexibility index (Phi) is 13.6. The van der Waals surface area contributed by atoms with E-state index >= 15 is 0 Å². The molecule has 0 spiro atoms. The van der Waals surface area contributed by atoms with Crippen LogP contribution in [0.25, 0.3) is 10.8 Å². The maximum Gasteiger partial charge on any atom is 0.312 e. The first-order chi connectivity index (χ1) is 28.4. The number of fused-ring (bicyclic) bond motifs is 14. The number of ether oxygens (including phenoxy) is 3. The second kappa shape index (κ2) is 18.1. The number of aliphatic hydroxyl groups is 3. The zero-order valence-corrected chi connectivity index (χ0v) is 35.9. The summed E-state index contributed by atoms with van der Waals surface area (Å²) in [6.07, 6.45) is 9.71. The van der Waals surface area contributed by atoms with E-state index in [0.29, 0.717) is 19.1 Å². The maximum atomic E-state index is 14.4. The van der Waals surface area contributed by atoms with Gasteiger partial charge >= 0.3 is 5.79 Å². The van der Waals surface area contributed by atoms with Crippen molar-refractivity contribution in [1.29, 1.82) is 0 Å². The molecule has 0 radical (unpaired) electrons. The Morgan fingerprint density at radius 1 is 0.867 bits per heavy atom. The van der Waals surface area contributed by atoms with Crippen LogP contribution in [-0.4, -0.2) is 128 Å². The van der Waals surface area contributed by atoms with Gasteiger partial charge in [-0.3, -0.25) is 19.5 Å². The minimum Gasteiger partial charge on any atom is -0.507 e. The number of nitrogens with zero attached hydrogens (tertiary/aromatic N) is 3. The van der Waals surface area contributed by atoms with Crippen LogP contribution in [0.5, 0.6) is 23.0 Å². The first kappa shape index (κ1) is 44.9. The van der Waals surface area contributed by atoms with Crippen LogP contribution in [0.3, 0.4) is 0 Å². The van der Waals surface area contributed by atoms with Crippen LogP contribution in [-0.2, 0) is 14.3 Å². The topological polar surface area (TPSA) is 214 Å². The number of carbonyl (C=O) groups excluding carboxylic acids is 2. The number of allylic oxidation sites excluding steroid dienone is 2. The zero-order valence-electron chi connectivity index (χ0n) is 35.9. The molecule has 7 rings (SSSR count). The van der Waals surface area contributed by atoms with Crippen LogP contribution < -0.4 is 10.1 Å². The molecule has 60 heavy (non-hydrogen) atoms. The Morgan fingerprint density at radius 2 is 1.50 bits per heavy atom. The molecule has 328 valence electrons. The lowest BCUT2D eigenvalue weighted by Gasteiger charge is -2.36. The van der Waals surface area contributed by atoms with Crippen LogP contribution in [0.4, 0.5) is 5.69 Å². The maximum absolute atomic E-state index is 14.4. The highest BCUT2D eigenvalue weighted by molar-refractivity contribution is 6.23. The Bertz CT molecular complexity index is 2070. The number of phenols is 3. The summed E-state index contributed by atoms with van der Waals surface area (Å²) in [5.74, 6) is -7.52. The number of aromatic hydroxyl groups is 3. The molecule has 0 aromatic heterocycles. The van der Waals surface area contributed by atoms with E-state index in [1.165, 1.54) is 71.3 Å². The van der Waals surface area contributed by atoms with Crippen LogP contribution >= 0.6 is 0 Å². The molecule has 1 saturated carbocycles. The van der Waals surface area contributed by atoms with E-state index in [1.54, 1.807) is 46.8 Å². The van der Waals surface area contributed by atoms with Crippen molar-refractivity contribution in [3.05, 3.63) is 52.8 Å². The number of benzene rings is 2. The summed E-state index contributed by atoms with van der Waals surface area (Å²) in [6.45, 7) is 14.1. The number of aliphatic hydroxyl groups excluding tert-OH is 3. The second-order valence-corrected chi connectivity index (χ2v) is 17.2. The molecule has 1 saturated heterocycles. The van der Waals surface area contributed by atoms with E-state index < -0.39 is 82.8 Å². The molecule has 5 aliphatic rings. The summed E-state index contributed by atoms with van der Waals surface area (Å²) in [5.41, 5.74) is -0.233. The number of Topliss-reactive ketones (excluding diaryl/α,β-unsaturated/α-hetero) is 1. The third-order valence-electron chi connectivity index (χ3n) is 13.3. The number of phenolic OH excluding ortho intramolecular Hbond substituents is 3. The third kappa shape index (κ3) is 8.47. The van der Waals surface area contributed by atoms with Crippen LogP contribution in [0.2, 0.25) is 0 Å². The van der Waals surface area contributed by atoms with Gasteiger partial charge in [-0.25, -0.2) is 0 Å². The van der Waals surface area contributed by atoms with Gasteiger partial charge in [0.2, 0.25) is 0 Å². The third-order valence-corrected chi connectivity index (χ3v) is 13.3. The van der Waals surface area contributed by atoms with E-state index in [4.69, 9.17) is 14.2 Å². The summed E-state index contributed by atoms with van der Waals surface area (Å²) in [5, 5.41) is 78.4. The van der Waals surface area contributed by atoms with Gasteiger partial charge in [0, 0.05) is 86.4 Å². The van der Waals surface area contributed by atoms with Gasteiger partial charge in [0.25, 0.3) is 11.7 Å². The Balaban J connectivity index is 1.46. The minimum atomic E-state index is -2.01. The van der Waals surface area contributed by atoms with Gasteiger partial charge in [0.15, 0.2) is 5.75 Å². The average Bonchev–Trinajstić information content (AvgIpc) is 3.87. The molecule has 1 aliphatic carbocycles. The lowest BCUT2D eigenvalue weighted by Crippen LogP contribution is -2.47. The number of methoxy groups -OCH3 is 1. The monoisotopic (exact) mass is 834 g/mol. The van der Waals surface area contributed by atoms with Crippen LogP contribution in [0.15, 0.2) is 41.2 Å². The van der Waals surface area contributed by atoms with Gasteiger partial charge in [-0.05, 0) is 32.8 Å². The number of hydrazone groups is 1. The van der Waals surface area contributed by atoms with Crippen molar-refractivity contribution in [2.24, 2.45) is 28.8 Å². The predicted molar refractivity (Wildman–Crippen MR) is 227 cm³/mol. The molecular formula is C45H62N4O11. The molecule has 15 heteroatoms. The van der Waals surface area contributed by atoms with E-state index in [2.05, 4.69) is 15.3 Å². The standard InChI is InChI=1S/C45H62N4O11/c1-23-12-11-13-24(2)44(57)47-35-30(22-46-49-19-17-48(18-20-49)29-14-9-10-15-29)40(54)32-33(41(35)55)39(53)28(6)42-34(32)43(56)45(7,60-42)59-21-16-31(58-8)25(3)37(51)27(5)38(52)26(4)36(23)50/h11-13,16,21-23,25-27,29,31,36-38,50-55H,9-10,14-15,17-20H2,1-8H3,(H,47,57)/b12-11+,21-16+,24-13-,46-22-/t23-,25+,26+,27-,31-,36-,37+,38+,45-/m0/s1. The number of nitrogens with one attached hydrogen (secondary N) is 1. The zero-order chi connectivity index (χ0) is 43.8. The van der Waals surface area contributed by atoms with E-state index in [-0.39, 0.29) is 44.5 Å². The van der Waals surface area contributed by atoms with Gasteiger partial charge in [-0.2, -0.15) is 5.10 Å². The molecule has 2 aromatic rings. The smallest absolute Gasteiger partial charge is 0.312 e. The summed E-state index contributed by atoms with van der Waals surface area (Å²) in [6, 6.07) is 0.561. The summed E-state index contributed by atoms with van der Waals surface area (Å²) in [4.78, 5) is 30.7. The number of hydrogen-bond donors (Lipinski definition) is 7. The van der Waals surface area contributed by atoms with Crippen molar-refractivity contribution in [2.45, 2.75) is 110 Å². The van der Waals surface area contributed by atoms with Gasteiger partial charge in [-0.15, -0.1) is 0 Å². The molecule has 9 atom stereocenters. The lowest BCUT2D eigenvalue weighted by molar-refractivity contribution is -0.112. The molecular weight excluding hydrogens is 773 g/mol. The Morgan fingerprint density at radius 3 is 2.15 bits per heavy atom. The molecule has 15 nitrogen and oxygen atoms in total. The van der Waals surface area contributed by atoms with E-state index in [9.17, 15) is 40.2 Å². The first-order valence-corrected chi connectivity index (χ1v) is 21.0. The summed E-state index contributed by atoms with van der Waals surface area (Å²) in [7, 11) is 1.45. The number of hydrogen-bond acceptors (Lipinski definition) is 14. The number of piperazine rings is 1. The highest BCUT2D eigenvalue weighted by Gasteiger charge is 2.50. The van der Waals surface area contributed by atoms with Gasteiger partial charge < -0.3 is 50.2 Å². The predicted octanol–water partition coefficient (Wildman–Crippen LogP) is 5.08. The fourth-order valence-corrected chi connectivity index (χ4v) is 9.08. The molecule has 2 fully saturated rings. The van der Waals surface area contributed by atoms with Crippen LogP contribution in [0.1, 0.15) is 88.7 Å². The number of ketones is 1. The van der Waals surface area contributed by atoms with Crippen molar-refractivity contribution < 1.29 is 54.4 Å². The molecule has 2 aromatic carbocycles. The normalized spacial score (nSPS) is 33.5. The summed E-state index contributed by atoms with van der Waals surface area (Å²) >= 11 is 0. The molecule has 7 N–H and O–H groups in total. The number of rotatable bonds is 4. The van der Waals surface area contributed by atoms with E-state index in [1.807, 2.05) is 5.01 Å².